The van der Waals surface area contributed by atoms with Crippen LogP contribution in [-0.4, -0.2) is 28.4 Å². The maximum absolute atomic E-state index is 4.34. The maximum Gasteiger partial charge on any atom is 0.138 e. The molecule has 2 atom stereocenters. The van der Waals surface area contributed by atoms with Crippen molar-refractivity contribution in [3.05, 3.63) is 12.2 Å². The van der Waals surface area contributed by atoms with Gasteiger partial charge in [0.05, 0.1) is 0 Å². The molecule has 0 radical (unpaired) electrons. The standard InChI is InChI=1S/C12H22N4/c1-13-8-11-6-4-3-5-10(11)7-12-14-9-15-16(12)2/h9-11,13H,3-8H2,1-2H3. The summed E-state index contributed by atoms with van der Waals surface area (Å²) in [4.78, 5) is 4.34. The molecule has 0 saturated heterocycles. The molecule has 4 nitrogen and oxygen atoms in total. The first-order valence-electron chi connectivity index (χ1n) is 6.28. The summed E-state index contributed by atoms with van der Waals surface area (Å²) in [6.07, 6.45) is 8.22. The molecular formula is C12H22N4. The van der Waals surface area contributed by atoms with Gasteiger partial charge >= 0.3 is 0 Å². The van der Waals surface area contributed by atoms with E-state index in [-0.39, 0.29) is 0 Å². The van der Waals surface area contributed by atoms with Crippen molar-refractivity contribution in [3.63, 3.8) is 0 Å². The van der Waals surface area contributed by atoms with E-state index in [0.717, 1.165) is 30.6 Å². The van der Waals surface area contributed by atoms with Crippen molar-refractivity contribution in [1.82, 2.24) is 20.1 Å². The highest BCUT2D eigenvalue weighted by Crippen LogP contribution is 2.31. The molecule has 16 heavy (non-hydrogen) atoms. The van der Waals surface area contributed by atoms with Gasteiger partial charge in [0.25, 0.3) is 0 Å². The van der Waals surface area contributed by atoms with Crippen LogP contribution in [0, 0.1) is 11.8 Å². The van der Waals surface area contributed by atoms with E-state index >= 15 is 0 Å². The van der Waals surface area contributed by atoms with Gasteiger partial charge in [-0.3, -0.25) is 4.68 Å². The number of nitrogens with one attached hydrogen (secondary N) is 1. The molecule has 0 aliphatic heterocycles. The van der Waals surface area contributed by atoms with Crippen LogP contribution in [0.4, 0.5) is 0 Å². The molecule has 1 aliphatic carbocycles. The Kier molecular flexibility index (Phi) is 3.93. The predicted octanol–water partition coefficient (Wildman–Crippen LogP) is 1.38. The number of rotatable bonds is 4. The van der Waals surface area contributed by atoms with Crippen molar-refractivity contribution in [2.75, 3.05) is 13.6 Å². The monoisotopic (exact) mass is 222 g/mol. The van der Waals surface area contributed by atoms with Gasteiger partial charge in [0.1, 0.15) is 12.2 Å². The first-order valence-corrected chi connectivity index (χ1v) is 6.28. The smallest absolute Gasteiger partial charge is 0.138 e. The Morgan fingerprint density at radius 1 is 1.38 bits per heavy atom. The normalized spacial score (nSPS) is 25.9. The molecule has 0 amide bonds. The molecule has 1 aromatic heterocycles. The van der Waals surface area contributed by atoms with E-state index in [9.17, 15) is 0 Å². The lowest BCUT2D eigenvalue weighted by atomic mass is 9.77. The lowest BCUT2D eigenvalue weighted by Gasteiger charge is -2.31. The Balaban J connectivity index is 1.98. The topological polar surface area (TPSA) is 42.7 Å². The van der Waals surface area contributed by atoms with E-state index in [4.69, 9.17) is 0 Å². The molecule has 1 heterocycles. The molecule has 90 valence electrons. The van der Waals surface area contributed by atoms with E-state index < -0.39 is 0 Å². The van der Waals surface area contributed by atoms with Crippen LogP contribution in [0.3, 0.4) is 0 Å². The van der Waals surface area contributed by atoms with Gasteiger partial charge in [-0.25, -0.2) is 4.98 Å². The van der Waals surface area contributed by atoms with Crippen molar-refractivity contribution >= 4 is 0 Å². The van der Waals surface area contributed by atoms with Crippen molar-refractivity contribution in [3.8, 4) is 0 Å². The zero-order valence-corrected chi connectivity index (χ0v) is 10.3. The molecular weight excluding hydrogens is 200 g/mol. The average molecular weight is 222 g/mol. The van der Waals surface area contributed by atoms with E-state index in [2.05, 4.69) is 15.4 Å². The Bertz CT molecular complexity index is 319. The van der Waals surface area contributed by atoms with Crippen molar-refractivity contribution in [2.45, 2.75) is 32.1 Å². The second-order valence-corrected chi connectivity index (χ2v) is 4.87. The Morgan fingerprint density at radius 3 is 2.75 bits per heavy atom. The van der Waals surface area contributed by atoms with E-state index in [1.807, 2.05) is 18.8 Å². The van der Waals surface area contributed by atoms with Crippen LogP contribution in [-0.2, 0) is 13.5 Å². The molecule has 2 unspecified atom stereocenters. The summed E-state index contributed by atoms with van der Waals surface area (Å²) < 4.78 is 1.91. The molecule has 1 N–H and O–H groups in total. The van der Waals surface area contributed by atoms with Crippen LogP contribution < -0.4 is 5.32 Å². The van der Waals surface area contributed by atoms with Gasteiger partial charge < -0.3 is 5.32 Å². The van der Waals surface area contributed by atoms with Crippen molar-refractivity contribution in [1.29, 1.82) is 0 Å². The fourth-order valence-corrected chi connectivity index (χ4v) is 2.82. The van der Waals surface area contributed by atoms with Crippen molar-refractivity contribution in [2.24, 2.45) is 18.9 Å². The van der Waals surface area contributed by atoms with E-state index in [0.29, 0.717) is 0 Å². The zero-order valence-electron chi connectivity index (χ0n) is 10.3. The minimum absolute atomic E-state index is 0.782. The lowest BCUT2D eigenvalue weighted by Crippen LogP contribution is -2.30. The number of aryl methyl sites for hydroxylation is 1. The van der Waals surface area contributed by atoms with Gasteiger partial charge in [0.2, 0.25) is 0 Å². The average Bonchev–Trinajstić information content (AvgIpc) is 2.68. The maximum atomic E-state index is 4.34. The highest BCUT2D eigenvalue weighted by Gasteiger charge is 2.25. The molecule has 0 bridgehead atoms. The zero-order chi connectivity index (χ0) is 11.4. The highest BCUT2D eigenvalue weighted by molar-refractivity contribution is 4.90. The highest BCUT2D eigenvalue weighted by atomic mass is 15.3. The third-order valence-electron chi connectivity index (χ3n) is 3.78. The number of nitrogens with zero attached hydrogens (tertiary/aromatic N) is 3. The van der Waals surface area contributed by atoms with Gasteiger partial charge in [0.15, 0.2) is 0 Å². The van der Waals surface area contributed by atoms with Gasteiger partial charge in [-0.15, -0.1) is 0 Å². The largest absolute Gasteiger partial charge is 0.319 e. The fraction of sp³-hybridized carbons (Fsp3) is 0.833. The quantitative estimate of drug-likeness (QED) is 0.837. The summed E-state index contributed by atoms with van der Waals surface area (Å²) in [6.45, 7) is 1.14. The number of hydrogen-bond acceptors (Lipinski definition) is 3. The van der Waals surface area contributed by atoms with Gasteiger partial charge in [-0.1, -0.05) is 12.8 Å². The molecule has 4 heteroatoms. The second kappa shape index (κ2) is 5.43. The van der Waals surface area contributed by atoms with E-state index in [1.54, 1.807) is 6.33 Å². The first-order chi connectivity index (χ1) is 7.81. The third-order valence-corrected chi connectivity index (χ3v) is 3.78. The number of aromatic nitrogens is 3. The van der Waals surface area contributed by atoms with Crippen LogP contribution >= 0.6 is 0 Å². The first kappa shape index (κ1) is 11.6. The van der Waals surface area contributed by atoms with Crippen LogP contribution in [0.5, 0.6) is 0 Å². The predicted molar refractivity (Wildman–Crippen MR) is 64.1 cm³/mol. The minimum Gasteiger partial charge on any atom is -0.319 e. The second-order valence-electron chi connectivity index (χ2n) is 4.87. The van der Waals surface area contributed by atoms with Gasteiger partial charge in [0, 0.05) is 13.5 Å². The molecule has 1 saturated carbocycles. The fourth-order valence-electron chi connectivity index (χ4n) is 2.82. The third kappa shape index (κ3) is 2.61. The summed E-state index contributed by atoms with van der Waals surface area (Å²) in [6, 6.07) is 0. The van der Waals surface area contributed by atoms with Crippen molar-refractivity contribution < 1.29 is 0 Å². The summed E-state index contributed by atoms with van der Waals surface area (Å²) in [5, 5.41) is 7.46. The SMILES string of the molecule is CNCC1CCCCC1Cc1ncnn1C. The van der Waals surface area contributed by atoms with Crippen LogP contribution in [0.15, 0.2) is 6.33 Å². The van der Waals surface area contributed by atoms with Crippen LogP contribution in [0.2, 0.25) is 0 Å². The minimum atomic E-state index is 0.782. The molecule has 2 rings (SSSR count). The Morgan fingerprint density at radius 2 is 2.12 bits per heavy atom. The summed E-state index contributed by atoms with van der Waals surface area (Å²) in [7, 11) is 4.03. The number of hydrogen-bond donors (Lipinski definition) is 1. The summed E-state index contributed by atoms with van der Waals surface area (Å²) in [5.41, 5.74) is 0. The molecule has 1 aliphatic rings. The molecule has 1 fully saturated rings. The van der Waals surface area contributed by atoms with Crippen LogP contribution in [0.25, 0.3) is 0 Å². The molecule has 0 spiro atoms. The molecule has 0 aromatic carbocycles. The Hall–Kier alpha value is -0.900. The van der Waals surface area contributed by atoms with Gasteiger partial charge in [-0.05, 0) is 38.3 Å². The molecule has 1 aromatic rings. The Labute approximate surface area is 97.5 Å². The van der Waals surface area contributed by atoms with Gasteiger partial charge in [-0.2, -0.15) is 5.10 Å². The van der Waals surface area contributed by atoms with Crippen LogP contribution in [0.1, 0.15) is 31.5 Å². The van der Waals surface area contributed by atoms with E-state index in [1.165, 1.54) is 25.7 Å². The summed E-state index contributed by atoms with van der Waals surface area (Å²) in [5.74, 6) is 2.73. The lowest BCUT2D eigenvalue weighted by molar-refractivity contribution is 0.227. The summed E-state index contributed by atoms with van der Waals surface area (Å²) >= 11 is 0.